The summed E-state index contributed by atoms with van der Waals surface area (Å²) in [6.07, 6.45) is 6.10. The van der Waals surface area contributed by atoms with Gasteiger partial charge in [0, 0.05) is 18.4 Å². The van der Waals surface area contributed by atoms with Crippen molar-refractivity contribution < 1.29 is 19.4 Å². The molecule has 21 heavy (non-hydrogen) atoms. The zero-order valence-electron chi connectivity index (χ0n) is 11.7. The molecule has 1 atom stereocenters. The number of rotatable bonds is 5. The molecule has 1 amide bonds. The predicted molar refractivity (Wildman–Crippen MR) is 79.9 cm³/mol. The highest BCUT2D eigenvalue weighted by molar-refractivity contribution is 5.91. The lowest BCUT2D eigenvalue weighted by Gasteiger charge is -2.21. The van der Waals surface area contributed by atoms with Crippen molar-refractivity contribution in [2.45, 2.75) is 31.8 Å². The molecule has 0 aromatic heterocycles. The van der Waals surface area contributed by atoms with Crippen LogP contribution in [-0.2, 0) is 14.3 Å². The quantitative estimate of drug-likeness (QED) is 0.817. The van der Waals surface area contributed by atoms with Crippen LogP contribution < -0.4 is 5.32 Å². The molecule has 2 rings (SSSR count). The largest absolute Gasteiger partial charge is 0.478 e. The molecule has 1 aliphatic heterocycles. The van der Waals surface area contributed by atoms with Gasteiger partial charge < -0.3 is 15.2 Å². The molecule has 1 aromatic carbocycles. The number of anilines is 1. The van der Waals surface area contributed by atoms with Gasteiger partial charge in [-0.2, -0.15) is 0 Å². The molecule has 1 fully saturated rings. The highest BCUT2D eigenvalue weighted by Crippen LogP contribution is 2.17. The van der Waals surface area contributed by atoms with E-state index in [0.29, 0.717) is 12.1 Å². The van der Waals surface area contributed by atoms with E-state index in [1.165, 1.54) is 6.08 Å². The Labute approximate surface area is 123 Å². The fraction of sp³-hybridized carbons (Fsp3) is 0.375. The summed E-state index contributed by atoms with van der Waals surface area (Å²) in [5, 5.41) is 11.4. The molecule has 0 bridgehead atoms. The predicted octanol–water partition coefficient (Wildman–Crippen LogP) is 2.68. The van der Waals surface area contributed by atoms with Crippen molar-refractivity contribution >= 4 is 23.6 Å². The van der Waals surface area contributed by atoms with E-state index in [4.69, 9.17) is 9.84 Å². The molecule has 1 saturated heterocycles. The van der Waals surface area contributed by atoms with Gasteiger partial charge in [0.15, 0.2) is 0 Å². The average Bonchev–Trinajstić information content (AvgIpc) is 2.47. The van der Waals surface area contributed by atoms with Crippen molar-refractivity contribution in [3.8, 4) is 0 Å². The van der Waals surface area contributed by atoms with Gasteiger partial charge in [0.05, 0.1) is 12.5 Å². The van der Waals surface area contributed by atoms with Gasteiger partial charge in [0.25, 0.3) is 0 Å². The summed E-state index contributed by atoms with van der Waals surface area (Å²) in [5.74, 6) is -1.05. The van der Waals surface area contributed by atoms with Crippen LogP contribution in [0, 0.1) is 0 Å². The average molecular weight is 289 g/mol. The first-order valence-corrected chi connectivity index (χ1v) is 7.06. The smallest absolute Gasteiger partial charge is 0.328 e. The van der Waals surface area contributed by atoms with Gasteiger partial charge in [-0.05, 0) is 43.0 Å². The molecule has 112 valence electrons. The Morgan fingerprint density at radius 2 is 2.05 bits per heavy atom. The minimum Gasteiger partial charge on any atom is -0.478 e. The van der Waals surface area contributed by atoms with Crippen molar-refractivity contribution in [2.75, 3.05) is 11.9 Å². The number of benzene rings is 1. The number of carbonyl (C=O) groups excluding carboxylic acids is 1. The monoisotopic (exact) mass is 289 g/mol. The molecule has 5 nitrogen and oxygen atoms in total. The second-order valence-electron chi connectivity index (χ2n) is 5.03. The number of carboxylic acid groups (broad SMARTS) is 1. The third kappa shape index (κ3) is 5.39. The molecule has 0 saturated carbocycles. The Bertz CT molecular complexity index is 516. The van der Waals surface area contributed by atoms with Crippen LogP contribution in [-0.4, -0.2) is 29.7 Å². The number of carboxylic acids is 1. The lowest BCUT2D eigenvalue weighted by atomic mass is 10.1. The highest BCUT2D eigenvalue weighted by Gasteiger charge is 2.17. The van der Waals surface area contributed by atoms with Gasteiger partial charge in [0.1, 0.15) is 0 Å². The van der Waals surface area contributed by atoms with Crippen LogP contribution in [0.2, 0.25) is 0 Å². The van der Waals surface area contributed by atoms with Crippen molar-refractivity contribution in [1.29, 1.82) is 0 Å². The zero-order chi connectivity index (χ0) is 15.1. The highest BCUT2D eigenvalue weighted by atomic mass is 16.5. The molecular weight excluding hydrogens is 270 g/mol. The normalized spacial score (nSPS) is 18.6. The van der Waals surface area contributed by atoms with Crippen molar-refractivity contribution in [2.24, 2.45) is 0 Å². The molecule has 1 heterocycles. The van der Waals surface area contributed by atoms with Crippen LogP contribution in [0.25, 0.3) is 6.08 Å². The Balaban J connectivity index is 1.84. The van der Waals surface area contributed by atoms with Gasteiger partial charge in [-0.3, -0.25) is 4.79 Å². The van der Waals surface area contributed by atoms with E-state index in [1.807, 2.05) is 0 Å². The number of ether oxygens (including phenoxy) is 1. The summed E-state index contributed by atoms with van der Waals surface area (Å²) in [5.41, 5.74) is 1.47. The number of hydrogen-bond donors (Lipinski definition) is 2. The molecule has 5 heteroatoms. The molecule has 0 aliphatic carbocycles. The van der Waals surface area contributed by atoms with Crippen LogP contribution in [0.1, 0.15) is 31.2 Å². The molecule has 0 spiro atoms. The van der Waals surface area contributed by atoms with E-state index in [-0.39, 0.29) is 12.0 Å². The third-order valence-corrected chi connectivity index (χ3v) is 3.30. The number of nitrogens with one attached hydrogen (secondary N) is 1. The fourth-order valence-corrected chi connectivity index (χ4v) is 2.23. The Kier molecular flexibility index (Phi) is 5.51. The number of aliphatic carboxylic acids is 1. The minimum atomic E-state index is -0.986. The fourth-order valence-electron chi connectivity index (χ4n) is 2.23. The van der Waals surface area contributed by atoms with Gasteiger partial charge in [-0.1, -0.05) is 12.1 Å². The summed E-state index contributed by atoms with van der Waals surface area (Å²) in [4.78, 5) is 22.3. The van der Waals surface area contributed by atoms with Crippen molar-refractivity contribution in [3.63, 3.8) is 0 Å². The molecule has 0 radical (unpaired) electrons. The van der Waals surface area contributed by atoms with Crippen LogP contribution in [0.4, 0.5) is 5.69 Å². The van der Waals surface area contributed by atoms with Gasteiger partial charge in [-0.15, -0.1) is 0 Å². The van der Waals surface area contributed by atoms with Gasteiger partial charge in [-0.25, -0.2) is 4.79 Å². The Morgan fingerprint density at radius 1 is 1.29 bits per heavy atom. The van der Waals surface area contributed by atoms with Crippen LogP contribution in [0.15, 0.2) is 30.3 Å². The summed E-state index contributed by atoms with van der Waals surface area (Å²) < 4.78 is 5.53. The van der Waals surface area contributed by atoms with Crippen molar-refractivity contribution in [3.05, 3.63) is 35.9 Å². The minimum absolute atomic E-state index is 0.0246. The van der Waals surface area contributed by atoms with Gasteiger partial charge in [0.2, 0.25) is 5.91 Å². The van der Waals surface area contributed by atoms with Gasteiger partial charge >= 0.3 is 5.97 Å². The Hall–Kier alpha value is -2.14. The summed E-state index contributed by atoms with van der Waals surface area (Å²) in [6, 6.07) is 7.01. The first-order chi connectivity index (χ1) is 10.1. The van der Waals surface area contributed by atoms with E-state index in [9.17, 15) is 9.59 Å². The van der Waals surface area contributed by atoms with Crippen LogP contribution in [0.5, 0.6) is 0 Å². The number of hydrogen-bond acceptors (Lipinski definition) is 3. The molecule has 1 unspecified atom stereocenters. The second-order valence-corrected chi connectivity index (χ2v) is 5.03. The molecule has 1 aliphatic rings. The van der Waals surface area contributed by atoms with Crippen molar-refractivity contribution in [1.82, 2.24) is 0 Å². The maximum Gasteiger partial charge on any atom is 0.328 e. The van der Waals surface area contributed by atoms with E-state index >= 15 is 0 Å². The standard InChI is InChI=1S/C16H19NO4/c18-15(11-14-3-1-2-10-21-14)17-13-7-4-12(5-8-13)6-9-16(19)20/h4-9,14H,1-3,10-11H2,(H,17,18)(H,19,20)/b9-6+. The lowest BCUT2D eigenvalue weighted by Crippen LogP contribution is -2.25. The van der Waals surface area contributed by atoms with Crippen LogP contribution >= 0.6 is 0 Å². The van der Waals surface area contributed by atoms with E-state index < -0.39 is 5.97 Å². The summed E-state index contributed by atoms with van der Waals surface area (Å²) >= 11 is 0. The van der Waals surface area contributed by atoms with E-state index in [0.717, 1.165) is 37.5 Å². The zero-order valence-corrected chi connectivity index (χ0v) is 11.7. The van der Waals surface area contributed by atoms with Crippen LogP contribution in [0.3, 0.4) is 0 Å². The summed E-state index contributed by atoms with van der Waals surface area (Å²) in [6.45, 7) is 0.739. The lowest BCUT2D eigenvalue weighted by molar-refractivity contribution is -0.131. The molecular formula is C16H19NO4. The third-order valence-electron chi connectivity index (χ3n) is 3.30. The Morgan fingerprint density at radius 3 is 2.67 bits per heavy atom. The number of carbonyl (C=O) groups is 2. The van der Waals surface area contributed by atoms with E-state index in [1.54, 1.807) is 24.3 Å². The maximum atomic E-state index is 11.9. The maximum absolute atomic E-state index is 11.9. The first-order valence-electron chi connectivity index (χ1n) is 7.06. The SMILES string of the molecule is O=C(O)/C=C/c1ccc(NC(=O)CC2CCCCO2)cc1. The molecule has 2 N–H and O–H groups in total. The first kappa shape index (κ1) is 15.3. The molecule has 1 aromatic rings. The van der Waals surface area contributed by atoms with E-state index in [2.05, 4.69) is 5.32 Å². The second kappa shape index (κ2) is 7.59. The topological polar surface area (TPSA) is 75.6 Å². The number of amides is 1. The summed E-state index contributed by atoms with van der Waals surface area (Å²) in [7, 11) is 0.